The lowest BCUT2D eigenvalue weighted by molar-refractivity contribution is 0.0524. The predicted molar refractivity (Wildman–Crippen MR) is 76.6 cm³/mol. The monoisotopic (exact) mass is 285 g/mol. The Hall–Kier alpha value is -2.89. The van der Waals surface area contributed by atoms with Crippen molar-refractivity contribution >= 4 is 27.8 Å². The average Bonchev–Trinajstić information content (AvgIpc) is 2.47. The average molecular weight is 285 g/mol. The fourth-order valence-corrected chi connectivity index (χ4v) is 2.21. The third kappa shape index (κ3) is 2.01. The Morgan fingerprint density at radius 2 is 2.05 bits per heavy atom. The van der Waals surface area contributed by atoms with Gasteiger partial charge in [-0.1, -0.05) is 12.1 Å². The van der Waals surface area contributed by atoms with Crippen LogP contribution in [0.15, 0.2) is 44.5 Å². The second kappa shape index (κ2) is 4.90. The molecule has 1 N–H and O–H groups in total. The van der Waals surface area contributed by atoms with Gasteiger partial charge in [-0.25, -0.2) is 9.59 Å². The molecule has 3 aromatic rings. The first kappa shape index (κ1) is 13.1. The number of aromatic amines is 1. The van der Waals surface area contributed by atoms with Crippen molar-refractivity contribution in [3.8, 4) is 0 Å². The van der Waals surface area contributed by atoms with Crippen molar-refractivity contribution in [3.63, 3.8) is 0 Å². The van der Waals surface area contributed by atoms with Crippen LogP contribution in [-0.2, 0) is 4.74 Å². The molecule has 3 rings (SSSR count). The zero-order valence-corrected chi connectivity index (χ0v) is 11.1. The molecule has 0 saturated carbocycles. The number of para-hydroxylation sites is 1. The summed E-state index contributed by atoms with van der Waals surface area (Å²) in [5.41, 5.74) is -0.973. The lowest BCUT2D eigenvalue weighted by atomic mass is 10.1. The number of fused-ring (bicyclic) bond motifs is 3. The molecule has 106 valence electrons. The van der Waals surface area contributed by atoms with Gasteiger partial charge in [0, 0.05) is 11.6 Å². The second-order valence-electron chi connectivity index (χ2n) is 4.39. The predicted octanol–water partition coefficient (Wildman–Crippen LogP) is 1.81. The quantitative estimate of drug-likeness (QED) is 0.440. The number of benzene rings is 1. The number of rotatable bonds is 2. The zero-order valence-electron chi connectivity index (χ0n) is 11.1. The van der Waals surface area contributed by atoms with Crippen LogP contribution in [0.3, 0.4) is 0 Å². The molecule has 2 aromatic heterocycles. The third-order valence-electron chi connectivity index (χ3n) is 3.14. The van der Waals surface area contributed by atoms with Gasteiger partial charge in [-0.2, -0.15) is 0 Å². The second-order valence-corrected chi connectivity index (χ2v) is 4.39. The molecule has 0 aliphatic rings. The molecule has 21 heavy (non-hydrogen) atoms. The normalized spacial score (nSPS) is 10.9. The first-order chi connectivity index (χ1) is 10.1. The number of H-pyrrole nitrogens is 1. The molecule has 6 heteroatoms. The van der Waals surface area contributed by atoms with E-state index in [1.54, 1.807) is 31.2 Å². The van der Waals surface area contributed by atoms with Gasteiger partial charge in [-0.05, 0) is 19.1 Å². The maximum atomic E-state index is 12.3. The molecule has 0 bridgehead atoms. The van der Waals surface area contributed by atoms with Gasteiger partial charge in [0.25, 0.3) is 0 Å². The Bertz CT molecular complexity index is 967. The molecule has 6 nitrogen and oxygen atoms in total. The summed E-state index contributed by atoms with van der Waals surface area (Å²) in [6.07, 6.45) is 1.26. The topological polar surface area (TPSA) is 89.4 Å². The van der Waals surface area contributed by atoms with E-state index in [-0.39, 0.29) is 17.6 Å². The SMILES string of the molecule is CCOC(=O)c1c[nH]c2c(c(=O)oc3ccccc32)c1=O. The van der Waals surface area contributed by atoms with Crippen LogP contribution < -0.4 is 11.1 Å². The van der Waals surface area contributed by atoms with E-state index in [2.05, 4.69) is 4.98 Å². The van der Waals surface area contributed by atoms with Gasteiger partial charge in [-0.15, -0.1) is 0 Å². The fourth-order valence-electron chi connectivity index (χ4n) is 2.21. The minimum Gasteiger partial charge on any atom is -0.462 e. The summed E-state index contributed by atoms with van der Waals surface area (Å²) in [5.74, 6) is -0.770. The number of carbonyl (C=O) groups excluding carboxylic acids is 1. The van der Waals surface area contributed by atoms with Crippen LogP contribution in [0, 0.1) is 0 Å². The van der Waals surface area contributed by atoms with Crippen LogP contribution >= 0.6 is 0 Å². The largest absolute Gasteiger partial charge is 0.462 e. The number of aromatic nitrogens is 1. The summed E-state index contributed by atoms with van der Waals surface area (Å²) >= 11 is 0. The molecule has 0 unspecified atom stereocenters. The molecule has 2 heterocycles. The lowest BCUT2D eigenvalue weighted by Gasteiger charge is -2.04. The van der Waals surface area contributed by atoms with Crippen molar-refractivity contribution in [1.29, 1.82) is 0 Å². The van der Waals surface area contributed by atoms with Gasteiger partial charge < -0.3 is 14.1 Å². The Morgan fingerprint density at radius 1 is 1.29 bits per heavy atom. The number of hydrogen-bond donors (Lipinski definition) is 1. The van der Waals surface area contributed by atoms with Crippen molar-refractivity contribution in [3.05, 3.63) is 56.7 Å². The van der Waals surface area contributed by atoms with Gasteiger partial charge in [0.15, 0.2) is 0 Å². The molecule has 0 amide bonds. The Labute approximate surface area is 118 Å². The Balaban J connectivity index is 2.42. The highest BCUT2D eigenvalue weighted by atomic mass is 16.5. The summed E-state index contributed by atoms with van der Waals surface area (Å²) in [6.45, 7) is 1.78. The van der Waals surface area contributed by atoms with Gasteiger partial charge in [0.05, 0.1) is 12.1 Å². The van der Waals surface area contributed by atoms with Crippen molar-refractivity contribution in [2.75, 3.05) is 6.61 Å². The van der Waals surface area contributed by atoms with Gasteiger partial charge in [0.2, 0.25) is 5.43 Å². The summed E-state index contributed by atoms with van der Waals surface area (Å²) in [7, 11) is 0. The third-order valence-corrected chi connectivity index (χ3v) is 3.14. The molecule has 0 saturated heterocycles. The smallest absolute Gasteiger partial charge is 0.349 e. The van der Waals surface area contributed by atoms with Crippen molar-refractivity contribution < 1.29 is 13.9 Å². The van der Waals surface area contributed by atoms with Crippen LogP contribution in [0.25, 0.3) is 21.9 Å². The summed E-state index contributed by atoms with van der Waals surface area (Å²) in [6, 6.07) is 6.84. The highest BCUT2D eigenvalue weighted by Crippen LogP contribution is 2.19. The molecule has 0 aliphatic heterocycles. The van der Waals surface area contributed by atoms with E-state index in [1.165, 1.54) is 6.20 Å². The minimum absolute atomic E-state index is 0.142. The molecule has 1 aromatic carbocycles. The minimum atomic E-state index is -0.781. The number of carbonyl (C=O) groups is 1. The van der Waals surface area contributed by atoms with E-state index in [4.69, 9.17) is 9.15 Å². The zero-order chi connectivity index (χ0) is 15.0. The number of nitrogens with one attached hydrogen (secondary N) is 1. The maximum Gasteiger partial charge on any atom is 0.349 e. The van der Waals surface area contributed by atoms with Crippen LogP contribution in [0.5, 0.6) is 0 Å². The van der Waals surface area contributed by atoms with Crippen molar-refractivity contribution in [2.24, 2.45) is 0 Å². The lowest BCUT2D eigenvalue weighted by Crippen LogP contribution is -2.22. The van der Waals surface area contributed by atoms with Crippen molar-refractivity contribution in [2.45, 2.75) is 6.92 Å². The van der Waals surface area contributed by atoms with E-state index in [0.717, 1.165) is 0 Å². The molecule has 0 atom stereocenters. The first-order valence-corrected chi connectivity index (χ1v) is 6.38. The fraction of sp³-hybridized carbons (Fsp3) is 0.133. The molecular weight excluding hydrogens is 274 g/mol. The summed E-state index contributed by atoms with van der Waals surface area (Å²) in [4.78, 5) is 38.9. The number of hydrogen-bond acceptors (Lipinski definition) is 5. The van der Waals surface area contributed by atoms with E-state index in [9.17, 15) is 14.4 Å². The molecule has 0 fully saturated rings. The van der Waals surface area contributed by atoms with E-state index in [0.29, 0.717) is 16.5 Å². The van der Waals surface area contributed by atoms with Crippen LogP contribution in [-0.4, -0.2) is 17.6 Å². The molecule has 0 radical (unpaired) electrons. The molecule has 0 aliphatic carbocycles. The van der Waals surface area contributed by atoms with Crippen molar-refractivity contribution in [1.82, 2.24) is 4.98 Å². The van der Waals surface area contributed by atoms with Gasteiger partial charge in [0.1, 0.15) is 16.5 Å². The highest BCUT2D eigenvalue weighted by molar-refractivity contribution is 6.03. The number of ether oxygens (including phenoxy) is 1. The highest BCUT2D eigenvalue weighted by Gasteiger charge is 2.18. The first-order valence-electron chi connectivity index (χ1n) is 6.38. The summed E-state index contributed by atoms with van der Waals surface area (Å²) in [5, 5.41) is 0.416. The Kier molecular flexibility index (Phi) is 3.06. The van der Waals surface area contributed by atoms with Crippen LogP contribution in [0.2, 0.25) is 0 Å². The molecular formula is C15H11NO5. The van der Waals surface area contributed by atoms with E-state index >= 15 is 0 Å². The molecule has 0 spiro atoms. The standard InChI is InChI=1S/C15H11NO5/c1-2-20-14(18)9-7-16-12-8-5-3-4-6-10(8)21-15(19)11(12)13(9)17/h3-7H,2H2,1H3,(H,16,17). The van der Waals surface area contributed by atoms with Gasteiger partial charge >= 0.3 is 11.6 Å². The number of pyridine rings is 1. The van der Waals surface area contributed by atoms with Crippen LogP contribution in [0.4, 0.5) is 0 Å². The van der Waals surface area contributed by atoms with Crippen LogP contribution in [0.1, 0.15) is 17.3 Å². The van der Waals surface area contributed by atoms with E-state index < -0.39 is 17.0 Å². The maximum absolute atomic E-state index is 12.3. The number of esters is 1. The summed E-state index contributed by atoms with van der Waals surface area (Å²) < 4.78 is 9.92. The van der Waals surface area contributed by atoms with Gasteiger partial charge in [-0.3, -0.25) is 4.79 Å². The Morgan fingerprint density at radius 3 is 2.81 bits per heavy atom. The van der Waals surface area contributed by atoms with E-state index in [1.807, 2.05) is 0 Å².